The Bertz CT molecular complexity index is 552. The number of ether oxygens (including phenoxy) is 2. The van der Waals surface area contributed by atoms with Gasteiger partial charge in [-0.2, -0.15) is 0 Å². The Kier molecular flexibility index (Phi) is 6.90. The van der Waals surface area contributed by atoms with E-state index in [1.807, 2.05) is 6.07 Å². The van der Waals surface area contributed by atoms with Gasteiger partial charge < -0.3 is 20.1 Å². The SMILES string of the molecule is COCC1(C(=O)Nc2ccc(OCC(C)C)c(Cl)c2)CCNCC1. The van der Waals surface area contributed by atoms with Gasteiger partial charge in [-0.3, -0.25) is 4.79 Å². The summed E-state index contributed by atoms with van der Waals surface area (Å²) in [5, 5.41) is 6.77. The fraction of sp³-hybridized carbons (Fsp3) is 0.611. The molecule has 5 nitrogen and oxygen atoms in total. The first-order valence-electron chi connectivity index (χ1n) is 8.40. The first kappa shape index (κ1) is 19.0. The van der Waals surface area contributed by atoms with Crippen molar-refractivity contribution in [1.82, 2.24) is 5.32 Å². The van der Waals surface area contributed by atoms with Crippen LogP contribution in [0, 0.1) is 11.3 Å². The second-order valence-corrected chi connectivity index (χ2v) is 7.17. The maximum Gasteiger partial charge on any atom is 0.233 e. The molecule has 2 N–H and O–H groups in total. The molecule has 0 radical (unpaired) electrons. The monoisotopic (exact) mass is 354 g/mol. The number of anilines is 1. The molecule has 6 heteroatoms. The predicted octanol–water partition coefficient (Wildman–Crippen LogP) is 3.33. The molecular formula is C18H27ClN2O3. The summed E-state index contributed by atoms with van der Waals surface area (Å²) in [5.41, 5.74) is 0.190. The highest BCUT2D eigenvalue weighted by molar-refractivity contribution is 6.32. The van der Waals surface area contributed by atoms with Gasteiger partial charge in [-0.25, -0.2) is 0 Å². The van der Waals surface area contributed by atoms with Crippen molar-refractivity contribution >= 4 is 23.2 Å². The maximum atomic E-state index is 12.8. The van der Waals surface area contributed by atoms with Crippen molar-refractivity contribution in [3.05, 3.63) is 23.2 Å². The second kappa shape index (κ2) is 8.70. The third kappa shape index (κ3) is 4.85. The second-order valence-electron chi connectivity index (χ2n) is 6.77. The number of hydrogen-bond acceptors (Lipinski definition) is 4. The first-order valence-corrected chi connectivity index (χ1v) is 8.78. The van der Waals surface area contributed by atoms with E-state index in [9.17, 15) is 4.79 Å². The minimum Gasteiger partial charge on any atom is -0.492 e. The van der Waals surface area contributed by atoms with Crippen LogP contribution < -0.4 is 15.4 Å². The van der Waals surface area contributed by atoms with Crippen LogP contribution in [0.4, 0.5) is 5.69 Å². The zero-order valence-electron chi connectivity index (χ0n) is 14.7. The standard InChI is InChI=1S/C18H27ClN2O3/c1-13(2)11-24-16-5-4-14(10-15(16)19)21-17(22)18(12-23-3)6-8-20-9-7-18/h4-5,10,13,20H,6-9,11-12H2,1-3H3,(H,21,22). The maximum absolute atomic E-state index is 12.8. The van der Waals surface area contributed by atoms with E-state index in [-0.39, 0.29) is 5.91 Å². The number of benzene rings is 1. The van der Waals surface area contributed by atoms with Crippen LogP contribution in [0.2, 0.25) is 5.02 Å². The third-order valence-electron chi connectivity index (χ3n) is 4.22. The number of halogens is 1. The molecule has 1 aromatic rings. The van der Waals surface area contributed by atoms with Crippen molar-refractivity contribution in [3.63, 3.8) is 0 Å². The van der Waals surface area contributed by atoms with E-state index in [2.05, 4.69) is 24.5 Å². The molecule has 134 valence electrons. The van der Waals surface area contributed by atoms with E-state index in [0.717, 1.165) is 25.9 Å². The Morgan fingerprint density at radius 1 is 1.38 bits per heavy atom. The zero-order valence-corrected chi connectivity index (χ0v) is 15.4. The van der Waals surface area contributed by atoms with Gasteiger partial charge in [-0.15, -0.1) is 0 Å². The number of nitrogens with one attached hydrogen (secondary N) is 2. The fourth-order valence-corrected chi connectivity index (χ4v) is 3.07. The van der Waals surface area contributed by atoms with Crippen LogP contribution >= 0.6 is 11.6 Å². The lowest BCUT2D eigenvalue weighted by atomic mass is 9.78. The van der Waals surface area contributed by atoms with Crippen molar-refractivity contribution in [2.75, 3.05) is 38.7 Å². The van der Waals surface area contributed by atoms with Crippen molar-refractivity contribution in [2.24, 2.45) is 11.3 Å². The first-order chi connectivity index (χ1) is 11.5. The van der Waals surface area contributed by atoms with Crippen molar-refractivity contribution in [3.8, 4) is 5.75 Å². The largest absolute Gasteiger partial charge is 0.492 e. The lowest BCUT2D eigenvalue weighted by Crippen LogP contribution is -2.47. The van der Waals surface area contributed by atoms with Gasteiger partial charge in [0.25, 0.3) is 0 Å². The summed E-state index contributed by atoms with van der Waals surface area (Å²) in [6.07, 6.45) is 1.52. The molecule has 1 amide bonds. The molecule has 1 fully saturated rings. The number of amides is 1. The van der Waals surface area contributed by atoms with Gasteiger partial charge in [-0.05, 0) is 50.0 Å². The third-order valence-corrected chi connectivity index (χ3v) is 4.52. The van der Waals surface area contributed by atoms with Gasteiger partial charge >= 0.3 is 0 Å². The summed E-state index contributed by atoms with van der Waals surface area (Å²) in [7, 11) is 1.63. The van der Waals surface area contributed by atoms with Crippen LogP contribution in [0.3, 0.4) is 0 Å². The van der Waals surface area contributed by atoms with Crippen molar-refractivity contribution in [1.29, 1.82) is 0 Å². The Labute approximate surface area is 149 Å². The molecule has 1 aromatic carbocycles. The van der Waals surface area contributed by atoms with Crippen LogP contribution in [-0.4, -0.2) is 39.3 Å². The highest BCUT2D eigenvalue weighted by atomic mass is 35.5. The summed E-state index contributed by atoms with van der Waals surface area (Å²) < 4.78 is 11.0. The van der Waals surface area contributed by atoms with Crippen LogP contribution in [0.25, 0.3) is 0 Å². The van der Waals surface area contributed by atoms with Crippen molar-refractivity contribution < 1.29 is 14.3 Å². The smallest absolute Gasteiger partial charge is 0.233 e. The lowest BCUT2D eigenvalue weighted by molar-refractivity contribution is -0.130. The molecule has 0 atom stereocenters. The van der Waals surface area contributed by atoms with E-state index in [0.29, 0.717) is 35.6 Å². The van der Waals surface area contributed by atoms with Gasteiger partial charge in [0, 0.05) is 12.8 Å². The Hall–Kier alpha value is -1.30. The van der Waals surface area contributed by atoms with Crippen LogP contribution in [-0.2, 0) is 9.53 Å². The number of methoxy groups -OCH3 is 1. The van der Waals surface area contributed by atoms with Gasteiger partial charge in [-0.1, -0.05) is 25.4 Å². The summed E-state index contributed by atoms with van der Waals surface area (Å²) >= 11 is 6.27. The molecule has 1 saturated heterocycles. The van der Waals surface area contributed by atoms with E-state index in [4.69, 9.17) is 21.1 Å². The fourth-order valence-electron chi connectivity index (χ4n) is 2.83. The molecule has 0 unspecified atom stereocenters. The van der Waals surface area contributed by atoms with E-state index in [1.165, 1.54) is 0 Å². The molecular weight excluding hydrogens is 328 g/mol. The van der Waals surface area contributed by atoms with Gasteiger partial charge in [0.05, 0.1) is 23.7 Å². The van der Waals surface area contributed by atoms with E-state index >= 15 is 0 Å². The zero-order chi connectivity index (χ0) is 17.6. The van der Waals surface area contributed by atoms with Gasteiger partial charge in [0.1, 0.15) is 5.75 Å². The Morgan fingerprint density at radius 3 is 2.67 bits per heavy atom. The molecule has 24 heavy (non-hydrogen) atoms. The summed E-state index contributed by atoms with van der Waals surface area (Å²) in [6.45, 7) is 6.83. The molecule has 0 spiro atoms. The molecule has 0 aliphatic carbocycles. The summed E-state index contributed by atoms with van der Waals surface area (Å²) in [5.74, 6) is 1.05. The van der Waals surface area contributed by atoms with E-state index < -0.39 is 5.41 Å². The number of hydrogen-bond donors (Lipinski definition) is 2. The van der Waals surface area contributed by atoms with Gasteiger partial charge in [0.15, 0.2) is 0 Å². The van der Waals surface area contributed by atoms with E-state index in [1.54, 1.807) is 19.2 Å². The average Bonchev–Trinajstić information content (AvgIpc) is 2.55. The van der Waals surface area contributed by atoms with Crippen LogP contribution in [0.1, 0.15) is 26.7 Å². The highest BCUT2D eigenvalue weighted by Crippen LogP contribution is 2.33. The molecule has 0 saturated carbocycles. The lowest BCUT2D eigenvalue weighted by Gasteiger charge is -2.35. The summed E-state index contributed by atoms with van der Waals surface area (Å²) in [4.78, 5) is 12.8. The molecule has 0 aromatic heterocycles. The van der Waals surface area contributed by atoms with Gasteiger partial charge in [0.2, 0.25) is 5.91 Å². The number of piperidine rings is 1. The number of carbonyl (C=O) groups is 1. The Morgan fingerprint density at radius 2 is 2.08 bits per heavy atom. The predicted molar refractivity (Wildman–Crippen MR) is 96.8 cm³/mol. The molecule has 0 bridgehead atoms. The van der Waals surface area contributed by atoms with Crippen LogP contribution in [0.5, 0.6) is 5.75 Å². The normalized spacial score (nSPS) is 16.9. The minimum atomic E-state index is -0.487. The minimum absolute atomic E-state index is 0.0160. The van der Waals surface area contributed by atoms with Crippen molar-refractivity contribution in [2.45, 2.75) is 26.7 Å². The molecule has 1 aliphatic rings. The number of carbonyl (C=O) groups excluding carboxylic acids is 1. The molecule has 2 rings (SSSR count). The Balaban J connectivity index is 2.06. The topological polar surface area (TPSA) is 59.6 Å². The number of rotatable bonds is 7. The highest BCUT2D eigenvalue weighted by Gasteiger charge is 2.39. The summed E-state index contributed by atoms with van der Waals surface area (Å²) in [6, 6.07) is 5.35. The molecule has 1 aliphatic heterocycles. The molecule has 1 heterocycles. The van der Waals surface area contributed by atoms with Crippen LogP contribution in [0.15, 0.2) is 18.2 Å². The average molecular weight is 355 g/mol. The quantitative estimate of drug-likeness (QED) is 0.788.